The molecule has 0 unspecified atom stereocenters. The van der Waals surface area contributed by atoms with E-state index in [0.29, 0.717) is 5.41 Å². The van der Waals surface area contributed by atoms with E-state index in [2.05, 4.69) is 27.7 Å². The second-order valence-corrected chi connectivity index (χ2v) is 4.22. The van der Waals surface area contributed by atoms with Crippen LogP contribution in [0.25, 0.3) is 0 Å². The van der Waals surface area contributed by atoms with Crippen LogP contribution in [0, 0.1) is 5.41 Å². The van der Waals surface area contributed by atoms with Gasteiger partial charge in [-0.3, -0.25) is 0 Å². The molecule has 0 N–H and O–H groups in total. The molecule has 0 amide bonds. The zero-order chi connectivity index (χ0) is 7.78. The Balaban J connectivity index is 2.89. The van der Waals surface area contributed by atoms with Crippen molar-refractivity contribution in [2.75, 3.05) is 0 Å². The minimum Gasteiger partial charge on any atom is -0.0767 e. The lowest BCUT2D eigenvalue weighted by molar-refractivity contribution is 0.458. The summed E-state index contributed by atoms with van der Waals surface area (Å²) >= 11 is 0. The lowest BCUT2D eigenvalue weighted by Gasteiger charge is -2.20. The van der Waals surface area contributed by atoms with Crippen molar-refractivity contribution in [3.63, 3.8) is 0 Å². The third-order valence-electron chi connectivity index (χ3n) is 2.65. The van der Waals surface area contributed by atoms with Gasteiger partial charge >= 0.3 is 0 Å². The van der Waals surface area contributed by atoms with Crippen LogP contribution >= 0.6 is 0 Å². The standard InChI is InChI=1S/C10H18/c1-8(2)9-6-5-7-10(9,3)4/h5-7H2,1-4H3. The molecule has 58 valence electrons. The Morgan fingerprint density at radius 2 is 1.90 bits per heavy atom. The van der Waals surface area contributed by atoms with E-state index in [4.69, 9.17) is 0 Å². The van der Waals surface area contributed by atoms with Gasteiger partial charge < -0.3 is 0 Å². The van der Waals surface area contributed by atoms with Crippen LogP contribution < -0.4 is 0 Å². The molecular formula is C10H18. The van der Waals surface area contributed by atoms with Crippen LogP contribution in [0.1, 0.15) is 47.0 Å². The topological polar surface area (TPSA) is 0 Å². The van der Waals surface area contributed by atoms with Crippen molar-refractivity contribution in [3.8, 4) is 0 Å². The molecule has 1 saturated carbocycles. The third kappa shape index (κ3) is 1.25. The SMILES string of the molecule is CC(C)=C1CCCC1(C)C. The van der Waals surface area contributed by atoms with Gasteiger partial charge in [0.1, 0.15) is 0 Å². The van der Waals surface area contributed by atoms with Gasteiger partial charge in [-0.1, -0.05) is 25.0 Å². The lowest BCUT2D eigenvalue weighted by Crippen LogP contribution is -2.08. The molecule has 1 aliphatic rings. The highest BCUT2D eigenvalue weighted by molar-refractivity contribution is 5.21. The van der Waals surface area contributed by atoms with E-state index < -0.39 is 0 Å². The van der Waals surface area contributed by atoms with Gasteiger partial charge in [0.15, 0.2) is 0 Å². The van der Waals surface area contributed by atoms with Gasteiger partial charge in [0.05, 0.1) is 0 Å². The summed E-state index contributed by atoms with van der Waals surface area (Å²) < 4.78 is 0. The predicted octanol–water partition coefficient (Wildman–Crippen LogP) is 3.53. The van der Waals surface area contributed by atoms with Gasteiger partial charge in [0, 0.05) is 0 Å². The van der Waals surface area contributed by atoms with Crippen LogP contribution in [0.2, 0.25) is 0 Å². The first-order chi connectivity index (χ1) is 4.54. The maximum absolute atomic E-state index is 2.36. The van der Waals surface area contributed by atoms with Crippen molar-refractivity contribution in [2.45, 2.75) is 47.0 Å². The number of hydrogen-bond donors (Lipinski definition) is 0. The van der Waals surface area contributed by atoms with E-state index in [-0.39, 0.29) is 0 Å². The highest BCUT2D eigenvalue weighted by atomic mass is 14.3. The Morgan fingerprint density at radius 3 is 2.10 bits per heavy atom. The number of rotatable bonds is 0. The van der Waals surface area contributed by atoms with Gasteiger partial charge in [0.2, 0.25) is 0 Å². The normalized spacial score (nSPS) is 23.4. The first kappa shape index (κ1) is 7.84. The Hall–Kier alpha value is -0.260. The summed E-state index contributed by atoms with van der Waals surface area (Å²) in [5, 5.41) is 0. The molecule has 0 saturated heterocycles. The maximum Gasteiger partial charge on any atom is -0.0142 e. The minimum absolute atomic E-state index is 0.513. The molecule has 0 aliphatic heterocycles. The summed E-state index contributed by atoms with van der Waals surface area (Å²) in [5.41, 5.74) is 3.76. The average molecular weight is 138 g/mol. The number of allylic oxidation sites excluding steroid dienone is 2. The van der Waals surface area contributed by atoms with Crippen molar-refractivity contribution in [2.24, 2.45) is 5.41 Å². The van der Waals surface area contributed by atoms with Gasteiger partial charge in [-0.2, -0.15) is 0 Å². The lowest BCUT2D eigenvalue weighted by atomic mass is 9.85. The largest absolute Gasteiger partial charge is 0.0767 e. The van der Waals surface area contributed by atoms with Crippen molar-refractivity contribution in [1.29, 1.82) is 0 Å². The predicted molar refractivity (Wildman–Crippen MR) is 46.0 cm³/mol. The van der Waals surface area contributed by atoms with Crippen LogP contribution in [-0.2, 0) is 0 Å². The molecule has 0 atom stereocenters. The van der Waals surface area contributed by atoms with Gasteiger partial charge in [0.25, 0.3) is 0 Å². The second kappa shape index (κ2) is 2.41. The maximum atomic E-state index is 2.36. The molecule has 1 rings (SSSR count). The van der Waals surface area contributed by atoms with Crippen LogP contribution in [0.15, 0.2) is 11.1 Å². The first-order valence-electron chi connectivity index (χ1n) is 4.21. The summed E-state index contributed by atoms with van der Waals surface area (Å²) in [6.45, 7) is 9.20. The van der Waals surface area contributed by atoms with Crippen molar-refractivity contribution < 1.29 is 0 Å². The molecule has 0 spiro atoms. The summed E-state index contributed by atoms with van der Waals surface area (Å²) in [6.07, 6.45) is 4.12. The summed E-state index contributed by atoms with van der Waals surface area (Å²) in [4.78, 5) is 0. The van der Waals surface area contributed by atoms with E-state index in [9.17, 15) is 0 Å². The van der Waals surface area contributed by atoms with Crippen LogP contribution in [0.3, 0.4) is 0 Å². The Bertz CT molecular complexity index is 157. The highest BCUT2D eigenvalue weighted by Crippen LogP contribution is 2.43. The molecule has 0 aromatic rings. The average Bonchev–Trinajstić information content (AvgIpc) is 2.08. The molecule has 1 fully saturated rings. The summed E-state index contributed by atoms with van der Waals surface area (Å²) in [6, 6.07) is 0. The summed E-state index contributed by atoms with van der Waals surface area (Å²) in [5.74, 6) is 0. The fraction of sp³-hybridized carbons (Fsp3) is 0.800. The molecule has 10 heavy (non-hydrogen) atoms. The van der Waals surface area contributed by atoms with E-state index >= 15 is 0 Å². The Kier molecular flexibility index (Phi) is 1.89. The van der Waals surface area contributed by atoms with Crippen molar-refractivity contribution in [1.82, 2.24) is 0 Å². The molecule has 0 heteroatoms. The van der Waals surface area contributed by atoms with Crippen LogP contribution in [0.5, 0.6) is 0 Å². The Labute approximate surface area is 64.3 Å². The smallest absolute Gasteiger partial charge is 0.0142 e. The zero-order valence-corrected chi connectivity index (χ0v) is 7.62. The fourth-order valence-electron chi connectivity index (χ4n) is 2.12. The molecule has 0 heterocycles. The molecule has 0 aromatic carbocycles. The monoisotopic (exact) mass is 138 g/mol. The van der Waals surface area contributed by atoms with E-state index in [1.54, 1.807) is 11.1 Å². The van der Waals surface area contributed by atoms with Gasteiger partial charge in [-0.15, -0.1) is 0 Å². The first-order valence-corrected chi connectivity index (χ1v) is 4.21. The van der Waals surface area contributed by atoms with Gasteiger partial charge in [-0.05, 0) is 38.5 Å². The van der Waals surface area contributed by atoms with E-state index in [0.717, 1.165) is 0 Å². The highest BCUT2D eigenvalue weighted by Gasteiger charge is 2.28. The Morgan fingerprint density at radius 1 is 1.30 bits per heavy atom. The van der Waals surface area contributed by atoms with E-state index in [1.807, 2.05) is 0 Å². The molecule has 1 aliphatic carbocycles. The van der Waals surface area contributed by atoms with Gasteiger partial charge in [-0.25, -0.2) is 0 Å². The minimum atomic E-state index is 0.513. The summed E-state index contributed by atoms with van der Waals surface area (Å²) in [7, 11) is 0. The zero-order valence-electron chi connectivity index (χ0n) is 7.62. The van der Waals surface area contributed by atoms with Crippen molar-refractivity contribution in [3.05, 3.63) is 11.1 Å². The second-order valence-electron chi connectivity index (χ2n) is 4.22. The van der Waals surface area contributed by atoms with Crippen molar-refractivity contribution >= 4 is 0 Å². The molecule has 0 nitrogen and oxygen atoms in total. The van der Waals surface area contributed by atoms with Crippen LogP contribution in [-0.4, -0.2) is 0 Å². The molecular weight excluding hydrogens is 120 g/mol. The molecule has 0 radical (unpaired) electrons. The third-order valence-corrected chi connectivity index (χ3v) is 2.65. The van der Waals surface area contributed by atoms with E-state index in [1.165, 1.54) is 19.3 Å². The number of hydrogen-bond acceptors (Lipinski definition) is 0. The fourth-order valence-corrected chi connectivity index (χ4v) is 2.12. The quantitative estimate of drug-likeness (QED) is 0.449. The molecule has 0 aromatic heterocycles. The van der Waals surface area contributed by atoms with Crippen LogP contribution in [0.4, 0.5) is 0 Å². The molecule has 0 bridgehead atoms.